The molecule has 3 aromatic rings. The van der Waals surface area contributed by atoms with E-state index in [1.54, 1.807) is 12.1 Å². The van der Waals surface area contributed by atoms with Crippen LogP contribution in [0.2, 0.25) is 0 Å². The van der Waals surface area contributed by atoms with Gasteiger partial charge in [0, 0.05) is 17.7 Å². The molecule has 0 radical (unpaired) electrons. The first-order valence-corrected chi connectivity index (χ1v) is 9.78. The van der Waals surface area contributed by atoms with Crippen molar-refractivity contribution in [3.8, 4) is 16.9 Å². The molecule has 1 amide bonds. The number of amides is 1. The van der Waals surface area contributed by atoms with Crippen molar-refractivity contribution in [1.29, 1.82) is 0 Å². The van der Waals surface area contributed by atoms with Gasteiger partial charge in [-0.2, -0.15) is 0 Å². The van der Waals surface area contributed by atoms with Gasteiger partial charge in [-0.3, -0.25) is 15.6 Å². The summed E-state index contributed by atoms with van der Waals surface area (Å²) < 4.78 is 6.05. The summed E-state index contributed by atoms with van der Waals surface area (Å²) in [5.41, 5.74) is 8.89. The van der Waals surface area contributed by atoms with Gasteiger partial charge in [-0.25, -0.2) is 0 Å². The lowest BCUT2D eigenvalue weighted by Gasteiger charge is -2.12. The normalized spacial score (nSPS) is 10.1. The van der Waals surface area contributed by atoms with Crippen molar-refractivity contribution in [1.82, 2.24) is 16.2 Å². The number of rotatable bonds is 6. The number of para-hydroxylation sites is 1. The van der Waals surface area contributed by atoms with Gasteiger partial charge >= 0.3 is 0 Å². The van der Waals surface area contributed by atoms with Crippen LogP contribution in [0.3, 0.4) is 0 Å². The highest BCUT2D eigenvalue weighted by molar-refractivity contribution is 7.80. The van der Waals surface area contributed by atoms with Gasteiger partial charge in [0.2, 0.25) is 0 Å². The van der Waals surface area contributed by atoms with Gasteiger partial charge in [0.1, 0.15) is 12.4 Å². The molecule has 0 spiro atoms. The summed E-state index contributed by atoms with van der Waals surface area (Å²) in [7, 11) is 0. The van der Waals surface area contributed by atoms with E-state index in [1.165, 1.54) is 0 Å². The fourth-order valence-electron chi connectivity index (χ4n) is 2.75. The van der Waals surface area contributed by atoms with Gasteiger partial charge < -0.3 is 10.1 Å². The Morgan fingerprint density at radius 1 is 0.897 bits per heavy atom. The summed E-state index contributed by atoms with van der Waals surface area (Å²) in [5.74, 6) is 0.564. The predicted octanol–water partition coefficient (Wildman–Crippen LogP) is 4.06. The molecule has 0 aliphatic carbocycles. The largest absolute Gasteiger partial charge is 0.488 e. The average molecular weight is 406 g/mol. The van der Waals surface area contributed by atoms with E-state index in [1.807, 2.05) is 61.5 Å². The van der Waals surface area contributed by atoms with Crippen LogP contribution in [0.15, 0.2) is 78.9 Å². The van der Waals surface area contributed by atoms with Gasteiger partial charge in [0.25, 0.3) is 5.91 Å². The summed E-state index contributed by atoms with van der Waals surface area (Å²) >= 11 is 5.02. The fraction of sp³-hybridized carbons (Fsp3) is 0.130. The summed E-state index contributed by atoms with van der Waals surface area (Å²) in [6.45, 7) is 3.02. The summed E-state index contributed by atoms with van der Waals surface area (Å²) in [6.07, 6.45) is 0. The third-order valence-corrected chi connectivity index (χ3v) is 4.46. The van der Waals surface area contributed by atoms with E-state index in [2.05, 4.69) is 28.3 Å². The maximum Gasteiger partial charge on any atom is 0.269 e. The standard InChI is InChI=1S/C23H23N3O2S/c1-2-24-23(29)26-25-22(27)19-14-12-17(13-15-19)16-28-21-11-7-6-10-20(21)18-8-4-3-5-9-18/h3-15H,2,16H2,1H3,(H,25,27)(H2,24,26,29). The molecule has 0 aliphatic heterocycles. The lowest BCUT2D eigenvalue weighted by Crippen LogP contribution is -2.46. The van der Waals surface area contributed by atoms with Gasteiger partial charge in [-0.1, -0.05) is 60.7 Å². The van der Waals surface area contributed by atoms with Crippen LogP contribution < -0.4 is 20.9 Å². The third-order valence-electron chi connectivity index (χ3n) is 4.21. The highest BCUT2D eigenvalue weighted by atomic mass is 32.1. The monoisotopic (exact) mass is 405 g/mol. The molecule has 0 saturated carbocycles. The van der Waals surface area contributed by atoms with Gasteiger partial charge in [0.15, 0.2) is 5.11 Å². The molecule has 6 heteroatoms. The molecule has 29 heavy (non-hydrogen) atoms. The van der Waals surface area contributed by atoms with E-state index in [0.717, 1.165) is 22.4 Å². The molecule has 3 rings (SSSR count). The van der Waals surface area contributed by atoms with E-state index < -0.39 is 0 Å². The van der Waals surface area contributed by atoms with Crippen molar-refractivity contribution >= 4 is 23.2 Å². The number of ether oxygens (including phenoxy) is 1. The number of thiocarbonyl (C=S) groups is 1. The molecule has 0 fully saturated rings. The SMILES string of the molecule is CCNC(=S)NNC(=O)c1ccc(COc2ccccc2-c2ccccc2)cc1. The second-order valence-corrected chi connectivity index (χ2v) is 6.69. The number of nitrogens with one attached hydrogen (secondary N) is 3. The first kappa shape index (κ1) is 20.4. The molecule has 0 unspecified atom stereocenters. The highest BCUT2D eigenvalue weighted by Gasteiger charge is 2.08. The Hall–Kier alpha value is -3.38. The molecule has 0 saturated heterocycles. The maximum atomic E-state index is 12.2. The van der Waals surface area contributed by atoms with Crippen molar-refractivity contribution in [2.45, 2.75) is 13.5 Å². The minimum atomic E-state index is -0.257. The average Bonchev–Trinajstić information content (AvgIpc) is 2.77. The van der Waals surface area contributed by atoms with Crippen molar-refractivity contribution in [3.63, 3.8) is 0 Å². The molecule has 0 aromatic heterocycles. The molecule has 0 atom stereocenters. The number of hydrazine groups is 1. The van der Waals surface area contributed by atoms with E-state index in [4.69, 9.17) is 17.0 Å². The van der Waals surface area contributed by atoms with E-state index in [-0.39, 0.29) is 5.91 Å². The molecular formula is C23H23N3O2S. The van der Waals surface area contributed by atoms with Crippen LogP contribution in [0.1, 0.15) is 22.8 Å². The Morgan fingerprint density at radius 3 is 2.31 bits per heavy atom. The summed E-state index contributed by atoms with van der Waals surface area (Å²) in [5, 5.41) is 3.28. The Morgan fingerprint density at radius 2 is 1.59 bits per heavy atom. The van der Waals surface area contributed by atoms with Crippen LogP contribution in [-0.4, -0.2) is 17.6 Å². The quantitative estimate of drug-likeness (QED) is 0.426. The second-order valence-electron chi connectivity index (χ2n) is 6.29. The number of carbonyl (C=O) groups is 1. The fourth-order valence-corrected chi connectivity index (χ4v) is 2.95. The van der Waals surface area contributed by atoms with E-state index in [9.17, 15) is 4.79 Å². The van der Waals surface area contributed by atoms with E-state index >= 15 is 0 Å². The first-order valence-electron chi connectivity index (χ1n) is 9.37. The van der Waals surface area contributed by atoms with E-state index in [0.29, 0.717) is 23.8 Å². The van der Waals surface area contributed by atoms with Gasteiger partial charge in [-0.05, 0) is 48.5 Å². The Labute approximate surface area is 176 Å². The Bertz CT molecular complexity index is 959. The van der Waals surface area contributed by atoms with Crippen LogP contribution in [0.25, 0.3) is 11.1 Å². The predicted molar refractivity (Wildman–Crippen MR) is 120 cm³/mol. The molecule has 0 heterocycles. The zero-order chi connectivity index (χ0) is 20.5. The van der Waals surface area contributed by atoms with Gasteiger partial charge in [0.05, 0.1) is 0 Å². The molecule has 0 aliphatic rings. The number of carbonyl (C=O) groups excluding carboxylic acids is 1. The molecular weight excluding hydrogens is 382 g/mol. The van der Waals surface area contributed by atoms with Crippen molar-refractivity contribution in [2.75, 3.05) is 6.54 Å². The maximum absolute atomic E-state index is 12.2. The van der Waals surface area contributed by atoms with Crippen LogP contribution in [0.4, 0.5) is 0 Å². The molecule has 148 valence electrons. The zero-order valence-electron chi connectivity index (χ0n) is 16.1. The molecule has 0 bridgehead atoms. The highest BCUT2D eigenvalue weighted by Crippen LogP contribution is 2.30. The Balaban J connectivity index is 1.60. The minimum Gasteiger partial charge on any atom is -0.488 e. The number of hydrogen-bond donors (Lipinski definition) is 3. The van der Waals surface area contributed by atoms with Crippen molar-refractivity contribution in [3.05, 3.63) is 90.0 Å². The van der Waals surface area contributed by atoms with Crippen LogP contribution in [-0.2, 0) is 6.61 Å². The third kappa shape index (κ3) is 5.80. The Kier molecular flexibility index (Phi) is 7.19. The van der Waals surface area contributed by atoms with Crippen LogP contribution in [0.5, 0.6) is 5.75 Å². The zero-order valence-corrected chi connectivity index (χ0v) is 17.0. The lowest BCUT2D eigenvalue weighted by atomic mass is 10.0. The topological polar surface area (TPSA) is 62.4 Å². The summed E-state index contributed by atoms with van der Waals surface area (Å²) in [4.78, 5) is 12.2. The van der Waals surface area contributed by atoms with Crippen molar-refractivity contribution in [2.24, 2.45) is 0 Å². The molecule has 5 nitrogen and oxygen atoms in total. The van der Waals surface area contributed by atoms with Crippen LogP contribution >= 0.6 is 12.2 Å². The number of hydrogen-bond acceptors (Lipinski definition) is 3. The minimum absolute atomic E-state index is 0.257. The van der Waals surface area contributed by atoms with Gasteiger partial charge in [-0.15, -0.1) is 0 Å². The number of benzene rings is 3. The summed E-state index contributed by atoms with van der Waals surface area (Å²) in [6, 6.07) is 25.4. The second kappa shape index (κ2) is 10.2. The smallest absolute Gasteiger partial charge is 0.269 e. The molecule has 3 aromatic carbocycles. The van der Waals surface area contributed by atoms with Crippen LogP contribution in [0, 0.1) is 0 Å². The lowest BCUT2D eigenvalue weighted by molar-refractivity contribution is 0.0943. The first-order chi connectivity index (χ1) is 14.2. The van der Waals surface area contributed by atoms with Crippen molar-refractivity contribution < 1.29 is 9.53 Å². The molecule has 3 N–H and O–H groups in total.